The first kappa shape index (κ1) is 14.9. The molecule has 0 aromatic heterocycles. The maximum Gasteiger partial charge on any atom is 0.175 e. The Hall–Kier alpha value is -1.49. The molecule has 104 valence electrons. The van der Waals surface area contributed by atoms with E-state index in [-0.39, 0.29) is 0 Å². The lowest BCUT2D eigenvalue weighted by atomic mass is 10.2. The molecule has 0 atom stereocenters. The normalized spacial score (nSPS) is 10.2. The van der Waals surface area contributed by atoms with Crippen LogP contribution in [-0.2, 0) is 0 Å². The highest BCUT2D eigenvalue weighted by molar-refractivity contribution is 7.80. The van der Waals surface area contributed by atoms with Crippen molar-refractivity contribution in [1.82, 2.24) is 0 Å². The van der Waals surface area contributed by atoms with Gasteiger partial charge in [-0.25, -0.2) is 0 Å². The third-order valence-electron chi connectivity index (χ3n) is 2.73. The van der Waals surface area contributed by atoms with Gasteiger partial charge in [0.25, 0.3) is 0 Å². The summed E-state index contributed by atoms with van der Waals surface area (Å²) in [5.41, 5.74) is 8.77. The smallest absolute Gasteiger partial charge is 0.175 e. The van der Waals surface area contributed by atoms with Crippen molar-refractivity contribution in [2.75, 3.05) is 16.4 Å². The zero-order valence-electron chi connectivity index (χ0n) is 10.7. The fourth-order valence-corrected chi connectivity index (χ4v) is 2.37. The molecule has 0 aliphatic rings. The Bertz CT molecular complexity index is 636. The van der Waals surface area contributed by atoms with Gasteiger partial charge in [-0.2, -0.15) is 0 Å². The van der Waals surface area contributed by atoms with E-state index in [9.17, 15) is 0 Å². The molecule has 2 aromatic carbocycles. The van der Waals surface area contributed by atoms with Crippen molar-refractivity contribution in [3.8, 4) is 0 Å². The highest BCUT2D eigenvalue weighted by Gasteiger charge is 2.06. The third-order valence-corrected chi connectivity index (χ3v) is 3.56. The van der Waals surface area contributed by atoms with Gasteiger partial charge < -0.3 is 16.4 Å². The molecule has 4 N–H and O–H groups in total. The summed E-state index contributed by atoms with van der Waals surface area (Å²) in [5, 5.41) is 7.37. The van der Waals surface area contributed by atoms with Crippen molar-refractivity contribution in [2.24, 2.45) is 0 Å². The van der Waals surface area contributed by atoms with Crippen LogP contribution in [0.3, 0.4) is 0 Å². The van der Waals surface area contributed by atoms with Gasteiger partial charge in [-0.15, -0.1) is 0 Å². The summed E-state index contributed by atoms with van der Waals surface area (Å²) in [7, 11) is 0. The molecule has 3 nitrogen and oxygen atoms in total. The van der Waals surface area contributed by atoms with Crippen LogP contribution in [-0.4, -0.2) is 5.11 Å². The number of thiocarbonyl (C=S) groups is 1. The molecule has 0 fully saturated rings. The Labute approximate surface area is 133 Å². The lowest BCUT2D eigenvalue weighted by molar-refractivity contribution is 1.45. The number of nitrogens with one attached hydrogen (secondary N) is 2. The Balaban J connectivity index is 2.11. The number of nitrogens with two attached hydrogens (primary N) is 1. The highest BCUT2D eigenvalue weighted by atomic mass is 35.5. The molecule has 0 unspecified atom stereocenters. The minimum absolute atomic E-state index is 0.358. The van der Waals surface area contributed by atoms with Crippen molar-refractivity contribution in [3.05, 3.63) is 52.0 Å². The molecule has 0 aliphatic carbocycles. The van der Waals surface area contributed by atoms with E-state index in [4.69, 9.17) is 41.2 Å². The van der Waals surface area contributed by atoms with Crippen LogP contribution in [0.4, 0.5) is 17.1 Å². The maximum absolute atomic E-state index is 5.97. The van der Waals surface area contributed by atoms with E-state index in [1.165, 1.54) is 0 Å². The number of benzene rings is 2. The Morgan fingerprint density at radius 3 is 2.30 bits per heavy atom. The number of hydrogen-bond acceptors (Lipinski definition) is 2. The monoisotopic (exact) mass is 325 g/mol. The van der Waals surface area contributed by atoms with Gasteiger partial charge in [-0.05, 0) is 42.9 Å². The van der Waals surface area contributed by atoms with Gasteiger partial charge in [0.1, 0.15) is 0 Å². The van der Waals surface area contributed by atoms with Crippen LogP contribution in [0.1, 0.15) is 5.56 Å². The summed E-state index contributed by atoms with van der Waals surface area (Å²) in [6.07, 6.45) is 0. The Morgan fingerprint density at radius 1 is 1.10 bits per heavy atom. The van der Waals surface area contributed by atoms with Gasteiger partial charge in [-0.1, -0.05) is 41.4 Å². The molecule has 20 heavy (non-hydrogen) atoms. The van der Waals surface area contributed by atoms with Gasteiger partial charge in [-0.3, -0.25) is 0 Å². The molecule has 0 spiro atoms. The second-order valence-electron chi connectivity index (χ2n) is 4.25. The number of para-hydroxylation sites is 1. The molecule has 0 aliphatic heterocycles. The van der Waals surface area contributed by atoms with E-state index in [0.717, 1.165) is 11.3 Å². The van der Waals surface area contributed by atoms with Gasteiger partial charge in [0, 0.05) is 11.4 Å². The molecule has 6 heteroatoms. The summed E-state index contributed by atoms with van der Waals surface area (Å²) in [4.78, 5) is 0. The molecular weight excluding hydrogens is 313 g/mol. The zero-order chi connectivity index (χ0) is 14.7. The Morgan fingerprint density at radius 2 is 1.70 bits per heavy atom. The predicted octanol–water partition coefficient (Wildman–Crippen LogP) is 4.69. The number of anilines is 3. The first-order valence-corrected chi connectivity index (χ1v) is 7.02. The van der Waals surface area contributed by atoms with Crippen LogP contribution in [0.15, 0.2) is 36.4 Å². The van der Waals surface area contributed by atoms with Crippen molar-refractivity contribution in [1.29, 1.82) is 0 Å². The van der Waals surface area contributed by atoms with Gasteiger partial charge in [0.15, 0.2) is 5.11 Å². The average molecular weight is 326 g/mol. The van der Waals surface area contributed by atoms with Gasteiger partial charge in [0.05, 0.1) is 15.7 Å². The third kappa shape index (κ3) is 3.54. The number of nitrogen functional groups attached to an aromatic ring is 1. The average Bonchev–Trinajstić information content (AvgIpc) is 2.38. The fourth-order valence-electron chi connectivity index (χ4n) is 1.65. The first-order valence-electron chi connectivity index (χ1n) is 5.85. The van der Waals surface area contributed by atoms with E-state index in [0.29, 0.717) is 26.5 Å². The topological polar surface area (TPSA) is 50.1 Å². The minimum atomic E-state index is 0.358. The summed E-state index contributed by atoms with van der Waals surface area (Å²) < 4.78 is 0. The largest absolute Gasteiger partial charge is 0.396 e. The lowest BCUT2D eigenvalue weighted by Gasteiger charge is -2.13. The second kappa shape index (κ2) is 6.31. The molecule has 0 radical (unpaired) electrons. The number of rotatable bonds is 2. The molecule has 0 heterocycles. The van der Waals surface area contributed by atoms with E-state index < -0.39 is 0 Å². The fraction of sp³-hybridized carbons (Fsp3) is 0.0714. The van der Waals surface area contributed by atoms with E-state index >= 15 is 0 Å². The molecule has 2 aromatic rings. The highest BCUT2D eigenvalue weighted by Crippen LogP contribution is 2.31. The quantitative estimate of drug-likeness (QED) is 0.553. The van der Waals surface area contributed by atoms with Crippen molar-refractivity contribution in [3.63, 3.8) is 0 Å². The number of aryl methyl sites for hydroxylation is 1. The zero-order valence-corrected chi connectivity index (χ0v) is 13.0. The van der Waals surface area contributed by atoms with Crippen molar-refractivity contribution in [2.45, 2.75) is 6.92 Å². The van der Waals surface area contributed by atoms with Crippen LogP contribution < -0.4 is 16.4 Å². The molecule has 0 bridgehead atoms. The molecule has 0 saturated carbocycles. The second-order valence-corrected chi connectivity index (χ2v) is 5.47. The van der Waals surface area contributed by atoms with Gasteiger partial charge >= 0.3 is 0 Å². The lowest BCUT2D eigenvalue weighted by Crippen LogP contribution is -2.19. The molecule has 2 rings (SSSR count). The summed E-state index contributed by atoms with van der Waals surface area (Å²) in [5.74, 6) is 0. The van der Waals surface area contributed by atoms with Crippen molar-refractivity contribution >= 4 is 57.6 Å². The standard InChI is InChI=1S/C14H13Cl2N3S/c1-8-4-2-3-5-12(8)19-14(20)18-9-6-10(15)13(17)11(16)7-9/h2-7H,17H2,1H3,(H2,18,19,20). The van der Waals surface area contributed by atoms with E-state index in [2.05, 4.69) is 10.6 Å². The van der Waals surface area contributed by atoms with Crippen molar-refractivity contribution < 1.29 is 0 Å². The SMILES string of the molecule is Cc1ccccc1NC(=S)Nc1cc(Cl)c(N)c(Cl)c1. The first-order chi connectivity index (χ1) is 9.47. The van der Waals surface area contributed by atoms with Crippen LogP contribution in [0.5, 0.6) is 0 Å². The van der Waals surface area contributed by atoms with E-state index in [1.807, 2.05) is 31.2 Å². The minimum Gasteiger partial charge on any atom is -0.396 e. The van der Waals surface area contributed by atoms with Crippen LogP contribution >= 0.6 is 35.4 Å². The molecular formula is C14H13Cl2N3S. The van der Waals surface area contributed by atoms with E-state index in [1.54, 1.807) is 12.1 Å². The maximum atomic E-state index is 5.97. The summed E-state index contributed by atoms with van der Waals surface area (Å²) in [6.45, 7) is 2.00. The van der Waals surface area contributed by atoms with Crippen LogP contribution in [0.2, 0.25) is 10.0 Å². The van der Waals surface area contributed by atoms with Crippen LogP contribution in [0.25, 0.3) is 0 Å². The molecule has 0 amide bonds. The predicted molar refractivity (Wildman–Crippen MR) is 91.9 cm³/mol. The Kier molecular flexibility index (Phi) is 4.70. The molecule has 0 saturated heterocycles. The summed E-state index contributed by atoms with van der Waals surface area (Å²) >= 11 is 17.2. The number of halogens is 2. The number of hydrogen-bond donors (Lipinski definition) is 3. The van der Waals surface area contributed by atoms with Gasteiger partial charge in [0.2, 0.25) is 0 Å². The summed E-state index contributed by atoms with van der Waals surface area (Å²) in [6, 6.07) is 11.2. The van der Waals surface area contributed by atoms with Crippen LogP contribution in [0, 0.1) is 6.92 Å².